The predicted octanol–water partition coefficient (Wildman–Crippen LogP) is 9.42. The third-order valence-electron chi connectivity index (χ3n) is 5.97. The Labute approximate surface area is 191 Å². The maximum absolute atomic E-state index is 15.8. The van der Waals surface area contributed by atoms with Gasteiger partial charge in [0.05, 0.1) is 5.02 Å². The highest BCUT2D eigenvalue weighted by Crippen LogP contribution is 2.40. The van der Waals surface area contributed by atoms with Crippen molar-refractivity contribution >= 4 is 22.4 Å². The molecule has 0 N–H and O–H groups in total. The Hall–Kier alpha value is -2.78. The van der Waals surface area contributed by atoms with E-state index in [1.807, 2.05) is 42.5 Å². The van der Waals surface area contributed by atoms with E-state index < -0.39 is 23.7 Å². The number of hydrogen-bond acceptors (Lipinski definition) is 0. The van der Waals surface area contributed by atoms with Gasteiger partial charge in [-0.25, -0.2) is 13.2 Å². The van der Waals surface area contributed by atoms with Crippen molar-refractivity contribution in [3.63, 3.8) is 0 Å². The Bertz CT molecular complexity index is 1230. The second-order valence-corrected chi connectivity index (χ2v) is 8.53. The van der Waals surface area contributed by atoms with Crippen molar-refractivity contribution in [2.45, 2.75) is 38.3 Å². The first-order valence-corrected chi connectivity index (χ1v) is 11.2. The molecular weight excluding hydrogens is 429 g/mol. The van der Waals surface area contributed by atoms with Gasteiger partial charge in [-0.2, -0.15) is 0 Å². The van der Waals surface area contributed by atoms with E-state index in [0.717, 1.165) is 23.6 Å². The molecule has 0 saturated carbocycles. The third kappa shape index (κ3) is 4.68. The molecule has 2 unspecified atom stereocenters. The Morgan fingerprint density at radius 1 is 0.781 bits per heavy atom. The van der Waals surface area contributed by atoms with Crippen LogP contribution in [0.3, 0.4) is 0 Å². The zero-order valence-electron chi connectivity index (χ0n) is 17.8. The fraction of sp³-hybridized carbons (Fsp3) is 0.214. The van der Waals surface area contributed by atoms with E-state index in [9.17, 15) is 4.39 Å². The first-order chi connectivity index (χ1) is 15.5. The molecule has 0 spiro atoms. The predicted molar refractivity (Wildman–Crippen MR) is 127 cm³/mol. The fourth-order valence-corrected chi connectivity index (χ4v) is 4.29. The average molecular weight is 453 g/mol. The maximum atomic E-state index is 15.8. The number of benzene rings is 4. The van der Waals surface area contributed by atoms with Gasteiger partial charge in [-0.1, -0.05) is 86.0 Å². The summed E-state index contributed by atoms with van der Waals surface area (Å²) >= 11 is 5.74. The molecule has 4 aromatic rings. The highest BCUT2D eigenvalue weighted by atomic mass is 35.5. The van der Waals surface area contributed by atoms with E-state index in [0.29, 0.717) is 23.1 Å². The number of rotatable bonds is 7. The smallest absolute Gasteiger partial charge is 0.142 e. The van der Waals surface area contributed by atoms with Crippen molar-refractivity contribution < 1.29 is 13.2 Å². The Morgan fingerprint density at radius 3 is 2.25 bits per heavy atom. The van der Waals surface area contributed by atoms with Crippen molar-refractivity contribution in [2.24, 2.45) is 0 Å². The summed E-state index contributed by atoms with van der Waals surface area (Å²) < 4.78 is 44.7. The average Bonchev–Trinajstić information content (AvgIpc) is 2.81. The lowest BCUT2D eigenvalue weighted by molar-refractivity contribution is 0.274. The number of fused-ring (bicyclic) bond motifs is 1. The van der Waals surface area contributed by atoms with Crippen LogP contribution in [0.15, 0.2) is 78.9 Å². The summed E-state index contributed by atoms with van der Waals surface area (Å²) in [5.41, 5.74) is 1.86. The minimum atomic E-state index is -1.26. The lowest BCUT2D eigenvalue weighted by Gasteiger charge is -2.23. The van der Waals surface area contributed by atoms with E-state index in [2.05, 4.69) is 6.92 Å². The van der Waals surface area contributed by atoms with Crippen LogP contribution in [0.2, 0.25) is 5.02 Å². The highest BCUT2D eigenvalue weighted by Gasteiger charge is 2.25. The quantitative estimate of drug-likeness (QED) is 0.262. The van der Waals surface area contributed by atoms with Crippen molar-refractivity contribution in [3.05, 3.63) is 107 Å². The third-order valence-corrected chi connectivity index (χ3v) is 6.27. The fourth-order valence-electron chi connectivity index (χ4n) is 4.18. The molecule has 0 aromatic heterocycles. The summed E-state index contributed by atoms with van der Waals surface area (Å²) in [6.45, 7) is 2.05. The molecule has 4 rings (SSSR count). The molecule has 2 atom stereocenters. The van der Waals surface area contributed by atoms with Crippen LogP contribution < -0.4 is 0 Å². The van der Waals surface area contributed by atoms with Crippen LogP contribution in [0.5, 0.6) is 0 Å². The second kappa shape index (κ2) is 9.79. The Balaban J connectivity index is 1.68. The second-order valence-electron chi connectivity index (χ2n) is 8.13. The lowest BCUT2D eigenvalue weighted by Crippen LogP contribution is -2.08. The van der Waals surface area contributed by atoms with E-state index in [-0.39, 0.29) is 10.6 Å². The molecule has 0 heterocycles. The van der Waals surface area contributed by atoms with Crippen LogP contribution in [-0.2, 0) is 0 Å². The molecule has 4 heteroatoms. The number of hydrogen-bond donors (Lipinski definition) is 0. The number of unbranched alkanes of at least 4 members (excludes halogenated alkanes) is 1. The van der Waals surface area contributed by atoms with Crippen LogP contribution in [0.25, 0.3) is 21.9 Å². The van der Waals surface area contributed by atoms with Crippen LogP contribution in [0, 0.1) is 11.6 Å². The van der Waals surface area contributed by atoms with Gasteiger partial charge in [0.2, 0.25) is 0 Å². The molecule has 0 saturated heterocycles. The molecule has 0 bridgehead atoms. The van der Waals surface area contributed by atoms with Gasteiger partial charge in [-0.15, -0.1) is 0 Å². The van der Waals surface area contributed by atoms with Crippen molar-refractivity contribution in [1.29, 1.82) is 0 Å². The summed E-state index contributed by atoms with van der Waals surface area (Å²) in [7, 11) is 0. The topological polar surface area (TPSA) is 0 Å². The molecule has 32 heavy (non-hydrogen) atoms. The van der Waals surface area contributed by atoms with Crippen LogP contribution >= 0.6 is 11.6 Å². The largest absolute Gasteiger partial charge is 0.242 e. The SMILES string of the molecule is CCCCC(c1ccc(-c2ccc(Cl)c(F)c2)c(F)c1)C(F)c1ccc2ccccc2c1. The van der Waals surface area contributed by atoms with Crippen molar-refractivity contribution in [3.8, 4) is 11.1 Å². The molecule has 4 aromatic carbocycles. The van der Waals surface area contributed by atoms with E-state index in [1.165, 1.54) is 18.2 Å². The Morgan fingerprint density at radius 2 is 1.53 bits per heavy atom. The number of alkyl halides is 1. The molecule has 0 aliphatic heterocycles. The first-order valence-electron chi connectivity index (χ1n) is 10.9. The van der Waals surface area contributed by atoms with Gasteiger partial charge in [0.15, 0.2) is 0 Å². The summed E-state index contributed by atoms with van der Waals surface area (Å²) in [6, 6.07) is 22.4. The van der Waals surface area contributed by atoms with Crippen LogP contribution in [0.1, 0.15) is 49.4 Å². The maximum Gasteiger partial charge on any atom is 0.142 e. The monoisotopic (exact) mass is 452 g/mol. The summed E-state index contributed by atoms with van der Waals surface area (Å²) in [4.78, 5) is 0. The van der Waals surface area contributed by atoms with E-state index >= 15 is 8.78 Å². The lowest BCUT2D eigenvalue weighted by atomic mass is 9.85. The van der Waals surface area contributed by atoms with E-state index in [4.69, 9.17) is 11.6 Å². The first kappa shape index (κ1) is 22.4. The summed E-state index contributed by atoms with van der Waals surface area (Å²) in [5.74, 6) is -1.58. The normalized spacial score (nSPS) is 13.3. The number of halogens is 4. The molecule has 0 radical (unpaired) electrons. The molecule has 0 amide bonds. The van der Waals surface area contributed by atoms with Crippen molar-refractivity contribution in [2.75, 3.05) is 0 Å². The highest BCUT2D eigenvalue weighted by molar-refractivity contribution is 6.30. The molecule has 0 nitrogen and oxygen atoms in total. The minimum Gasteiger partial charge on any atom is -0.242 e. The molecule has 164 valence electrons. The van der Waals surface area contributed by atoms with Crippen LogP contribution in [-0.4, -0.2) is 0 Å². The van der Waals surface area contributed by atoms with Gasteiger partial charge in [0, 0.05) is 11.5 Å². The van der Waals surface area contributed by atoms with Gasteiger partial charge < -0.3 is 0 Å². The van der Waals surface area contributed by atoms with Crippen LogP contribution in [0.4, 0.5) is 13.2 Å². The molecule has 0 fully saturated rings. The standard InChI is InChI=1S/C28H24ClF3/c1-2-3-8-24(28(32)22-10-9-18-6-4-5-7-19(18)15-22)21-11-13-23(26(30)16-21)20-12-14-25(29)27(31)17-20/h4-7,9-17,24,28H,2-3,8H2,1H3. The van der Waals surface area contributed by atoms with Crippen molar-refractivity contribution in [1.82, 2.24) is 0 Å². The van der Waals surface area contributed by atoms with Gasteiger partial charge in [-0.05, 0) is 58.1 Å². The molecule has 0 aliphatic carbocycles. The van der Waals surface area contributed by atoms with Gasteiger partial charge in [0.25, 0.3) is 0 Å². The Kier molecular flexibility index (Phi) is 6.86. The van der Waals surface area contributed by atoms with Gasteiger partial charge in [0.1, 0.15) is 17.8 Å². The minimum absolute atomic E-state index is 0.0129. The zero-order chi connectivity index (χ0) is 22.7. The van der Waals surface area contributed by atoms with E-state index in [1.54, 1.807) is 18.2 Å². The molecular formula is C28H24ClF3. The van der Waals surface area contributed by atoms with Gasteiger partial charge in [-0.3, -0.25) is 0 Å². The summed E-state index contributed by atoms with van der Waals surface area (Å²) in [5, 5.41) is 2.02. The van der Waals surface area contributed by atoms with Gasteiger partial charge >= 0.3 is 0 Å². The summed E-state index contributed by atoms with van der Waals surface area (Å²) in [6.07, 6.45) is 1.11. The zero-order valence-corrected chi connectivity index (χ0v) is 18.5. The molecule has 0 aliphatic rings.